The predicted octanol–water partition coefficient (Wildman–Crippen LogP) is 3.10. The Labute approximate surface area is 180 Å². The summed E-state index contributed by atoms with van der Waals surface area (Å²) in [5, 5.41) is 7.26. The molecule has 0 radical (unpaired) electrons. The second-order valence-corrected chi connectivity index (χ2v) is 7.57. The molecule has 0 fully saturated rings. The highest BCUT2D eigenvalue weighted by molar-refractivity contribution is 5.93. The number of hydrogen-bond acceptors (Lipinski definition) is 5. The summed E-state index contributed by atoms with van der Waals surface area (Å²) in [6.45, 7) is 2.74. The smallest absolute Gasteiger partial charge is 0.271 e. The van der Waals surface area contributed by atoms with E-state index < -0.39 is 0 Å². The second-order valence-electron chi connectivity index (χ2n) is 7.57. The summed E-state index contributed by atoms with van der Waals surface area (Å²) in [5.74, 6) is 0.719. The Kier molecular flexibility index (Phi) is 5.33. The number of carbonyl (C=O) groups excluding carboxylic acids is 1. The molecule has 2 aromatic carbocycles. The highest BCUT2D eigenvalue weighted by Crippen LogP contribution is 2.30. The van der Waals surface area contributed by atoms with Crippen molar-refractivity contribution in [3.8, 4) is 5.75 Å². The van der Waals surface area contributed by atoms with E-state index in [-0.39, 0.29) is 12.0 Å². The molecular weight excluding hydrogens is 390 g/mol. The van der Waals surface area contributed by atoms with Crippen LogP contribution in [0, 0.1) is 0 Å². The molecule has 4 aromatic rings. The highest BCUT2D eigenvalue weighted by Gasteiger charge is 2.24. The van der Waals surface area contributed by atoms with Gasteiger partial charge in [-0.05, 0) is 17.7 Å². The molecule has 7 nitrogen and oxygen atoms in total. The second kappa shape index (κ2) is 8.57. The molecule has 156 valence electrons. The van der Waals surface area contributed by atoms with Crippen LogP contribution >= 0.6 is 0 Å². The molecule has 0 saturated carbocycles. The number of benzene rings is 2. The van der Waals surface area contributed by atoms with Crippen molar-refractivity contribution in [3.05, 3.63) is 95.9 Å². The van der Waals surface area contributed by atoms with E-state index in [1.807, 2.05) is 36.4 Å². The van der Waals surface area contributed by atoms with E-state index in [2.05, 4.69) is 38.5 Å². The Morgan fingerprint density at radius 1 is 1.10 bits per heavy atom. The molecule has 0 unspecified atom stereocenters. The van der Waals surface area contributed by atoms with Crippen LogP contribution in [0.1, 0.15) is 27.7 Å². The topological polar surface area (TPSA) is 71.8 Å². The van der Waals surface area contributed by atoms with Gasteiger partial charge < -0.3 is 10.1 Å². The molecule has 1 aliphatic rings. The van der Waals surface area contributed by atoms with Gasteiger partial charge in [0.1, 0.15) is 11.9 Å². The monoisotopic (exact) mass is 413 g/mol. The minimum absolute atomic E-state index is 0.0648. The van der Waals surface area contributed by atoms with Crippen molar-refractivity contribution in [2.45, 2.75) is 12.6 Å². The van der Waals surface area contributed by atoms with Gasteiger partial charge in [0.05, 0.1) is 0 Å². The van der Waals surface area contributed by atoms with Crippen LogP contribution in [-0.2, 0) is 6.54 Å². The molecule has 0 bridgehead atoms. The van der Waals surface area contributed by atoms with Gasteiger partial charge in [-0.25, -0.2) is 9.50 Å². The van der Waals surface area contributed by atoms with E-state index in [0.717, 1.165) is 30.0 Å². The van der Waals surface area contributed by atoms with Crippen LogP contribution in [-0.4, -0.2) is 45.0 Å². The van der Waals surface area contributed by atoms with Gasteiger partial charge in [-0.3, -0.25) is 9.69 Å². The Bertz CT molecular complexity index is 1160. The lowest BCUT2D eigenvalue weighted by atomic mass is 10.1. The Morgan fingerprint density at radius 2 is 1.94 bits per heavy atom. The van der Waals surface area contributed by atoms with Gasteiger partial charge in [-0.15, -0.1) is 0 Å². The van der Waals surface area contributed by atoms with Crippen LogP contribution in [0.4, 0.5) is 0 Å². The summed E-state index contributed by atoms with van der Waals surface area (Å²) in [7, 11) is 0. The van der Waals surface area contributed by atoms with Crippen molar-refractivity contribution in [2.75, 3.05) is 19.6 Å². The van der Waals surface area contributed by atoms with Gasteiger partial charge in [-0.2, -0.15) is 5.10 Å². The number of amides is 1. The summed E-state index contributed by atoms with van der Waals surface area (Å²) in [5.41, 5.74) is 3.31. The van der Waals surface area contributed by atoms with Crippen LogP contribution in [0.2, 0.25) is 0 Å². The largest absolute Gasteiger partial charge is 0.484 e. The predicted molar refractivity (Wildman–Crippen MR) is 117 cm³/mol. The molecule has 7 heteroatoms. The molecule has 1 amide bonds. The van der Waals surface area contributed by atoms with Crippen molar-refractivity contribution in [1.29, 1.82) is 0 Å². The number of nitrogens with one attached hydrogen (secondary N) is 1. The zero-order chi connectivity index (χ0) is 21.0. The fourth-order valence-corrected chi connectivity index (χ4v) is 3.85. The highest BCUT2D eigenvalue weighted by atomic mass is 16.5. The van der Waals surface area contributed by atoms with Crippen molar-refractivity contribution in [2.24, 2.45) is 0 Å². The third-order valence-electron chi connectivity index (χ3n) is 5.41. The third-order valence-corrected chi connectivity index (χ3v) is 5.41. The average molecular weight is 413 g/mol. The minimum Gasteiger partial charge on any atom is -0.484 e. The standard InChI is InChI=1S/C24H23N5O2/c30-24(20-15-23-25-11-6-13-29(23)27-20)26-12-14-28-16-19-9-4-5-10-21(19)31-22(17-28)18-7-2-1-3-8-18/h1-11,13,15,22H,12,14,16-17H2,(H,26,30)/t22-/m0/s1. The first-order valence-electron chi connectivity index (χ1n) is 10.4. The maximum Gasteiger partial charge on any atom is 0.271 e. The summed E-state index contributed by atoms with van der Waals surface area (Å²) in [6, 6.07) is 21.9. The molecular formula is C24H23N5O2. The normalized spacial score (nSPS) is 16.3. The fourth-order valence-electron chi connectivity index (χ4n) is 3.85. The molecule has 5 rings (SSSR count). The van der Waals surface area contributed by atoms with Crippen molar-refractivity contribution in [3.63, 3.8) is 0 Å². The van der Waals surface area contributed by atoms with E-state index >= 15 is 0 Å². The lowest BCUT2D eigenvalue weighted by molar-refractivity contribution is 0.0938. The van der Waals surface area contributed by atoms with Crippen LogP contribution in [0.15, 0.2) is 79.1 Å². The molecule has 31 heavy (non-hydrogen) atoms. The third kappa shape index (κ3) is 4.27. The van der Waals surface area contributed by atoms with E-state index in [4.69, 9.17) is 4.74 Å². The van der Waals surface area contributed by atoms with Crippen molar-refractivity contribution >= 4 is 11.6 Å². The van der Waals surface area contributed by atoms with Crippen LogP contribution < -0.4 is 10.1 Å². The van der Waals surface area contributed by atoms with E-state index in [1.54, 1.807) is 29.0 Å². The first-order valence-corrected chi connectivity index (χ1v) is 10.4. The maximum absolute atomic E-state index is 12.6. The Morgan fingerprint density at radius 3 is 2.81 bits per heavy atom. The van der Waals surface area contributed by atoms with Crippen molar-refractivity contribution in [1.82, 2.24) is 24.8 Å². The number of para-hydroxylation sites is 1. The van der Waals surface area contributed by atoms with E-state index in [1.165, 1.54) is 0 Å². The number of rotatable bonds is 5. The summed E-state index contributed by atoms with van der Waals surface area (Å²) in [4.78, 5) is 19.1. The molecule has 1 aliphatic heterocycles. The Hall–Kier alpha value is -3.71. The van der Waals surface area contributed by atoms with E-state index in [9.17, 15) is 4.79 Å². The first-order chi connectivity index (χ1) is 15.3. The number of aromatic nitrogens is 3. The number of ether oxygens (including phenoxy) is 1. The molecule has 1 atom stereocenters. The number of carbonyl (C=O) groups is 1. The van der Waals surface area contributed by atoms with Gasteiger partial charge in [0.15, 0.2) is 11.3 Å². The van der Waals surface area contributed by atoms with Gasteiger partial charge >= 0.3 is 0 Å². The minimum atomic E-state index is -0.198. The first kappa shape index (κ1) is 19.3. The molecule has 0 spiro atoms. The lowest BCUT2D eigenvalue weighted by Gasteiger charge is -2.24. The fraction of sp³-hybridized carbons (Fsp3) is 0.208. The molecule has 1 N–H and O–H groups in total. The summed E-state index contributed by atoms with van der Waals surface area (Å²) in [6.07, 6.45) is 3.39. The van der Waals surface area contributed by atoms with Crippen LogP contribution in [0.5, 0.6) is 5.75 Å². The SMILES string of the molecule is O=C(NCCN1Cc2ccccc2O[C@H](c2ccccc2)C1)c1cc2ncccn2n1. The molecule has 0 saturated heterocycles. The van der Waals surface area contributed by atoms with E-state index in [0.29, 0.717) is 24.4 Å². The van der Waals surface area contributed by atoms with Crippen LogP contribution in [0.3, 0.4) is 0 Å². The number of fused-ring (bicyclic) bond motifs is 2. The summed E-state index contributed by atoms with van der Waals surface area (Å²) < 4.78 is 7.95. The quantitative estimate of drug-likeness (QED) is 0.544. The van der Waals surface area contributed by atoms with Gasteiger partial charge in [0, 0.05) is 50.2 Å². The van der Waals surface area contributed by atoms with Gasteiger partial charge in [-0.1, -0.05) is 48.5 Å². The molecule has 0 aliphatic carbocycles. The lowest BCUT2D eigenvalue weighted by Crippen LogP contribution is -2.36. The number of hydrogen-bond donors (Lipinski definition) is 1. The molecule has 2 aromatic heterocycles. The maximum atomic E-state index is 12.6. The van der Waals surface area contributed by atoms with Crippen molar-refractivity contribution < 1.29 is 9.53 Å². The number of nitrogens with zero attached hydrogens (tertiary/aromatic N) is 4. The average Bonchev–Trinajstić information content (AvgIpc) is 3.15. The molecule has 3 heterocycles. The zero-order valence-electron chi connectivity index (χ0n) is 17.0. The van der Waals surface area contributed by atoms with Gasteiger partial charge in [0.2, 0.25) is 0 Å². The summed E-state index contributed by atoms with van der Waals surface area (Å²) >= 11 is 0. The Balaban J connectivity index is 1.27. The van der Waals surface area contributed by atoms with Gasteiger partial charge in [0.25, 0.3) is 5.91 Å². The van der Waals surface area contributed by atoms with Crippen LogP contribution in [0.25, 0.3) is 5.65 Å². The zero-order valence-corrected chi connectivity index (χ0v) is 17.0.